The summed E-state index contributed by atoms with van der Waals surface area (Å²) < 4.78 is 10.1. The van der Waals surface area contributed by atoms with Gasteiger partial charge >= 0.3 is 6.09 Å². The Labute approximate surface area is 104 Å². The molecule has 0 saturated carbocycles. The highest BCUT2D eigenvalue weighted by Crippen LogP contribution is 2.19. The zero-order chi connectivity index (χ0) is 12.8. The van der Waals surface area contributed by atoms with Crippen LogP contribution in [0.25, 0.3) is 0 Å². The quantitative estimate of drug-likeness (QED) is 0.901. The molecular formula is C13H12N2O3. The van der Waals surface area contributed by atoms with Crippen LogP contribution >= 0.6 is 0 Å². The molecular weight excluding hydrogens is 232 g/mol. The molecule has 92 valence electrons. The van der Waals surface area contributed by atoms with E-state index in [1.807, 2.05) is 0 Å². The minimum absolute atomic E-state index is 0.405. The summed E-state index contributed by atoms with van der Waals surface area (Å²) in [5.74, 6) is 1.46. The van der Waals surface area contributed by atoms with Crippen molar-refractivity contribution in [3.8, 4) is 11.5 Å². The Morgan fingerprint density at radius 1 is 1.17 bits per heavy atom. The number of anilines is 1. The molecule has 0 spiro atoms. The number of carbonyl (C=O) groups is 1. The number of methoxy groups -OCH3 is 1. The Bertz CT molecular complexity index is 529. The number of hydrogen-bond donors (Lipinski definition) is 1. The first kappa shape index (κ1) is 11.9. The van der Waals surface area contributed by atoms with Crippen LogP contribution in [0.5, 0.6) is 11.5 Å². The fourth-order valence-electron chi connectivity index (χ4n) is 1.34. The molecule has 0 atom stereocenters. The average molecular weight is 244 g/mol. The lowest BCUT2D eigenvalue weighted by Gasteiger charge is -2.06. The number of nitrogens with one attached hydrogen (secondary N) is 1. The first-order valence-electron chi connectivity index (χ1n) is 5.32. The van der Waals surface area contributed by atoms with Crippen molar-refractivity contribution in [2.45, 2.75) is 0 Å². The largest absolute Gasteiger partial charge is 0.497 e. The van der Waals surface area contributed by atoms with Crippen molar-refractivity contribution in [2.75, 3.05) is 12.4 Å². The molecule has 0 aliphatic rings. The molecule has 1 N–H and O–H groups in total. The lowest BCUT2D eigenvalue weighted by molar-refractivity contribution is 0.215. The summed E-state index contributed by atoms with van der Waals surface area (Å²) >= 11 is 0. The van der Waals surface area contributed by atoms with E-state index in [2.05, 4.69) is 10.3 Å². The van der Waals surface area contributed by atoms with E-state index < -0.39 is 6.09 Å². The van der Waals surface area contributed by atoms with E-state index in [0.29, 0.717) is 17.3 Å². The predicted molar refractivity (Wildman–Crippen MR) is 66.9 cm³/mol. The first-order chi connectivity index (χ1) is 8.78. The van der Waals surface area contributed by atoms with E-state index in [0.717, 1.165) is 0 Å². The number of aromatic nitrogens is 1. The second-order valence-electron chi connectivity index (χ2n) is 3.41. The Balaban J connectivity index is 1.99. The Kier molecular flexibility index (Phi) is 3.76. The molecule has 2 rings (SSSR count). The smallest absolute Gasteiger partial charge is 0.418 e. The van der Waals surface area contributed by atoms with Gasteiger partial charge in [0, 0.05) is 12.3 Å². The zero-order valence-electron chi connectivity index (χ0n) is 9.79. The lowest BCUT2D eigenvalue weighted by atomic mass is 10.3. The van der Waals surface area contributed by atoms with Gasteiger partial charge in [-0.3, -0.25) is 5.32 Å². The van der Waals surface area contributed by atoms with Crippen LogP contribution in [0.2, 0.25) is 0 Å². The summed E-state index contributed by atoms with van der Waals surface area (Å²) in [6, 6.07) is 12.0. The van der Waals surface area contributed by atoms with Gasteiger partial charge in [0.05, 0.1) is 7.11 Å². The number of carbonyl (C=O) groups excluding carboxylic acids is 1. The molecule has 18 heavy (non-hydrogen) atoms. The van der Waals surface area contributed by atoms with Crippen molar-refractivity contribution >= 4 is 11.9 Å². The number of rotatable bonds is 3. The van der Waals surface area contributed by atoms with Crippen molar-refractivity contribution in [2.24, 2.45) is 0 Å². The van der Waals surface area contributed by atoms with Crippen LogP contribution in [0.15, 0.2) is 48.7 Å². The summed E-state index contributed by atoms with van der Waals surface area (Å²) in [7, 11) is 1.55. The van der Waals surface area contributed by atoms with Crippen LogP contribution in [0.4, 0.5) is 10.6 Å². The van der Waals surface area contributed by atoms with Gasteiger partial charge in [0.25, 0.3) is 0 Å². The minimum atomic E-state index is -0.595. The second-order valence-corrected chi connectivity index (χ2v) is 3.41. The number of pyridine rings is 1. The molecule has 2 aromatic rings. The highest BCUT2D eigenvalue weighted by molar-refractivity contribution is 5.85. The summed E-state index contributed by atoms with van der Waals surface area (Å²) in [5.41, 5.74) is 0. The Morgan fingerprint density at radius 3 is 2.72 bits per heavy atom. The third-order valence-corrected chi connectivity index (χ3v) is 2.15. The zero-order valence-corrected chi connectivity index (χ0v) is 9.79. The topological polar surface area (TPSA) is 60.5 Å². The van der Waals surface area contributed by atoms with E-state index in [-0.39, 0.29) is 0 Å². The molecule has 0 radical (unpaired) electrons. The van der Waals surface area contributed by atoms with Crippen LogP contribution in [-0.2, 0) is 0 Å². The standard InChI is InChI=1S/C13H12N2O3/c1-17-10-5-4-6-11(9-10)18-13(16)15-12-7-2-3-8-14-12/h2-9H,1H3,(H,14,15,16). The van der Waals surface area contributed by atoms with Crippen molar-refractivity contribution in [1.29, 1.82) is 0 Å². The maximum absolute atomic E-state index is 11.6. The maximum Gasteiger partial charge on any atom is 0.418 e. The molecule has 1 amide bonds. The third-order valence-electron chi connectivity index (χ3n) is 2.15. The van der Waals surface area contributed by atoms with Gasteiger partial charge < -0.3 is 9.47 Å². The Morgan fingerprint density at radius 2 is 2.00 bits per heavy atom. The minimum Gasteiger partial charge on any atom is -0.497 e. The van der Waals surface area contributed by atoms with Gasteiger partial charge in [-0.15, -0.1) is 0 Å². The van der Waals surface area contributed by atoms with Gasteiger partial charge in [-0.2, -0.15) is 0 Å². The molecule has 5 nitrogen and oxygen atoms in total. The monoisotopic (exact) mass is 244 g/mol. The number of amides is 1. The number of ether oxygens (including phenoxy) is 2. The number of hydrogen-bond acceptors (Lipinski definition) is 4. The normalized spacial score (nSPS) is 9.61. The van der Waals surface area contributed by atoms with Crippen LogP contribution in [0.1, 0.15) is 0 Å². The van der Waals surface area contributed by atoms with E-state index in [4.69, 9.17) is 9.47 Å². The van der Waals surface area contributed by atoms with E-state index >= 15 is 0 Å². The summed E-state index contributed by atoms with van der Waals surface area (Å²) in [5, 5.41) is 2.51. The summed E-state index contributed by atoms with van der Waals surface area (Å²) in [6.45, 7) is 0. The second kappa shape index (κ2) is 5.67. The first-order valence-corrected chi connectivity index (χ1v) is 5.32. The molecule has 5 heteroatoms. The van der Waals surface area contributed by atoms with Crippen molar-refractivity contribution in [3.63, 3.8) is 0 Å². The number of nitrogens with zero attached hydrogens (tertiary/aromatic N) is 1. The van der Waals surface area contributed by atoms with Crippen molar-refractivity contribution < 1.29 is 14.3 Å². The van der Waals surface area contributed by atoms with Crippen LogP contribution in [0, 0.1) is 0 Å². The lowest BCUT2D eigenvalue weighted by Crippen LogP contribution is -2.17. The molecule has 0 aliphatic carbocycles. The molecule has 1 aromatic carbocycles. The van der Waals surface area contributed by atoms with Gasteiger partial charge in [0.15, 0.2) is 0 Å². The molecule has 0 unspecified atom stereocenters. The maximum atomic E-state index is 11.6. The summed E-state index contributed by atoms with van der Waals surface area (Å²) in [4.78, 5) is 15.5. The third kappa shape index (κ3) is 3.21. The molecule has 0 bridgehead atoms. The van der Waals surface area contributed by atoms with Crippen LogP contribution < -0.4 is 14.8 Å². The fraction of sp³-hybridized carbons (Fsp3) is 0.0769. The van der Waals surface area contributed by atoms with Gasteiger partial charge in [-0.25, -0.2) is 9.78 Å². The molecule has 0 saturated heterocycles. The highest BCUT2D eigenvalue weighted by Gasteiger charge is 2.06. The van der Waals surface area contributed by atoms with E-state index in [9.17, 15) is 4.79 Å². The van der Waals surface area contributed by atoms with Gasteiger partial charge in [0.2, 0.25) is 0 Å². The van der Waals surface area contributed by atoms with Gasteiger partial charge in [-0.05, 0) is 24.3 Å². The fourth-order valence-corrected chi connectivity index (χ4v) is 1.34. The summed E-state index contributed by atoms with van der Waals surface area (Å²) in [6.07, 6.45) is 0.989. The van der Waals surface area contributed by atoms with Crippen molar-refractivity contribution in [3.05, 3.63) is 48.7 Å². The van der Waals surface area contributed by atoms with Crippen LogP contribution in [-0.4, -0.2) is 18.2 Å². The molecule has 1 heterocycles. The predicted octanol–water partition coefficient (Wildman–Crippen LogP) is 2.70. The van der Waals surface area contributed by atoms with Gasteiger partial charge in [0.1, 0.15) is 17.3 Å². The SMILES string of the molecule is COc1cccc(OC(=O)Nc2ccccn2)c1. The molecule has 0 aliphatic heterocycles. The van der Waals surface area contributed by atoms with E-state index in [1.54, 1.807) is 55.8 Å². The van der Waals surface area contributed by atoms with Gasteiger partial charge in [-0.1, -0.05) is 12.1 Å². The van der Waals surface area contributed by atoms with E-state index in [1.165, 1.54) is 0 Å². The van der Waals surface area contributed by atoms with Crippen LogP contribution in [0.3, 0.4) is 0 Å². The highest BCUT2D eigenvalue weighted by atomic mass is 16.6. The molecule has 1 aromatic heterocycles. The molecule has 0 fully saturated rings. The average Bonchev–Trinajstić information content (AvgIpc) is 2.40. The van der Waals surface area contributed by atoms with Crippen molar-refractivity contribution in [1.82, 2.24) is 4.98 Å². The number of benzene rings is 1. The Hall–Kier alpha value is -2.56.